The number of amides is 2. The standard InChI is InChI=1S/C31H35N7OS/c1-20(2)29-35-34-27-16-15-24(19-37(27)29)40-25-10-8-7-9-22(25)18-32-30(39)33-28-17-26(31(4,5)6)36-38(28)23-13-11-21(3)12-14-23/h7-17,19-20H,18H2,1-6H3,(H2,32,33,39). The summed E-state index contributed by atoms with van der Waals surface area (Å²) in [6.45, 7) is 13.0. The van der Waals surface area contributed by atoms with E-state index in [0.717, 1.165) is 43.8 Å². The summed E-state index contributed by atoms with van der Waals surface area (Å²) in [5.41, 5.74) is 4.65. The highest BCUT2D eigenvalue weighted by Gasteiger charge is 2.21. The van der Waals surface area contributed by atoms with Gasteiger partial charge in [0.25, 0.3) is 0 Å². The second-order valence-electron chi connectivity index (χ2n) is 11.2. The van der Waals surface area contributed by atoms with Gasteiger partial charge in [-0.1, -0.05) is 82.3 Å². The number of nitrogens with one attached hydrogen (secondary N) is 2. The van der Waals surface area contributed by atoms with E-state index in [1.807, 2.05) is 65.9 Å². The van der Waals surface area contributed by atoms with Gasteiger partial charge in [-0.3, -0.25) is 9.72 Å². The highest BCUT2D eigenvalue weighted by Crippen LogP contribution is 2.31. The molecule has 2 aromatic carbocycles. The minimum Gasteiger partial charge on any atom is -0.334 e. The highest BCUT2D eigenvalue weighted by molar-refractivity contribution is 7.99. The lowest BCUT2D eigenvalue weighted by atomic mass is 9.92. The zero-order chi connectivity index (χ0) is 28.4. The average Bonchev–Trinajstić information content (AvgIpc) is 3.53. The zero-order valence-corrected chi connectivity index (χ0v) is 24.6. The maximum atomic E-state index is 13.1. The van der Waals surface area contributed by atoms with Gasteiger partial charge < -0.3 is 5.32 Å². The fourth-order valence-corrected chi connectivity index (χ4v) is 5.24. The summed E-state index contributed by atoms with van der Waals surface area (Å²) >= 11 is 1.65. The number of nitrogens with zero attached hydrogens (tertiary/aromatic N) is 5. The first kappa shape index (κ1) is 27.5. The molecule has 0 saturated carbocycles. The molecule has 0 aliphatic carbocycles. The molecule has 9 heteroatoms. The molecule has 3 heterocycles. The van der Waals surface area contributed by atoms with Crippen LogP contribution in [0, 0.1) is 6.92 Å². The van der Waals surface area contributed by atoms with E-state index in [-0.39, 0.29) is 17.4 Å². The van der Waals surface area contributed by atoms with Gasteiger partial charge in [0.05, 0.1) is 11.4 Å². The van der Waals surface area contributed by atoms with Crippen molar-refractivity contribution in [2.45, 2.75) is 69.2 Å². The van der Waals surface area contributed by atoms with Gasteiger partial charge in [0.2, 0.25) is 0 Å². The minimum absolute atomic E-state index is 0.162. The van der Waals surface area contributed by atoms with Gasteiger partial charge in [-0.05, 0) is 42.8 Å². The van der Waals surface area contributed by atoms with Crippen LogP contribution in [0.4, 0.5) is 10.6 Å². The van der Waals surface area contributed by atoms with Crippen molar-refractivity contribution in [3.05, 3.63) is 95.6 Å². The molecule has 0 atom stereocenters. The monoisotopic (exact) mass is 553 g/mol. The second-order valence-corrected chi connectivity index (χ2v) is 12.4. The van der Waals surface area contributed by atoms with E-state index < -0.39 is 0 Å². The first-order valence-corrected chi connectivity index (χ1v) is 14.2. The Kier molecular flexibility index (Phi) is 7.67. The second kappa shape index (κ2) is 11.2. The summed E-state index contributed by atoms with van der Waals surface area (Å²) in [6, 6.07) is 21.9. The molecule has 0 aliphatic heterocycles. The fraction of sp³-hybridized carbons (Fsp3) is 0.290. The van der Waals surface area contributed by atoms with Crippen molar-refractivity contribution < 1.29 is 4.79 Å². The number of rotatable bonds is 7. The Hall–Kier alpha value is -4.11. The normalized spacial score (nSPS) is 11.8. The number of fused-ring (bicyclic) bond motifs is 1. The van der Waals surface area contributed by atoms with Gasteiger partial charge in [-0.25, -0.2) is 9.48 Å². The number of urea groups is 1. The molecule has 8 nitrogen and oxygen atoms in total. The van der Waals surface area contributed by atoms with Crippen LogP contribution in [-0.2, 0) is 12.0 Å². The quantitative estimate of drug-likeness (QED) is 0.224. The Morgan fingerprint density at radius 3 is 2.48 bits per heavy atom. The topological polar surface area (TPSA) is 89.1 Å². The number of carbonyl (C=O) groups is 1. The predicted molar refractivity (Wildman–Crippen MR) is 161 cm³/mol. The summed E-state index contributed by atoms with van der Waals surface area (Å²) in [6.07, 6.45) is 2.07. The molecule has 3 aromatic heterocycles. The number of carbonyl (C=O) groups excluding carboxylic acids is 1. The lowest BCUT2D eigenvalue weighted by Crippen LogP contribution is -2.29. The first-order valence-electron chi connectivity index (χ1n) is 13.4. The van der Waals surface area contributed by atoms with Crippen molar-refractivity contribution in [2.24, 2.45) is 0 Å². The molecule has 0 bridgehead atoms. The molecule has 40 heavy (non-hydrogen) atoms. The summed E-state index contributed by atoms with van der Waals surface area (Å²) in [5, 5.41) is 19.5. The van der Waals surface area contributed by atoms with Crippen molar-refractivity contribution in [3.63, 3.8) is 0 Å². The predicted octanol–water partition coefficient (Wildman–Crippen LogP) is 7.12. The molecule has 0 radical (unpaired) electrons. The van der Waals surface area contributed by atoms with Crippen LogP contribution >= 0.6 is 11.8 Å². The third-order valence-electron chi connectivity index (χ3n) is 6.56. The molecule has 206 valence electrons. The molecule has 0 unspecified atom stereocenters. The van der Waals surface area contributed by atoms with E-state index in [9.17, 15) is 4.79 Å². The van der Waals surface area contributed by atoms with E-state index >= 15 is 0 Å². The number of aromatic nitrogens is 5. The molecular formula is C31H35N7OS. The molecule has 5 aromatic rings. The van der Waals surface area contributed by atoms with Crippen LogP contribution in [0.1, 0.15) is 63.2 Å². The van der Waals surface area contributed by atoms with Gasteiger partial charge in [0.1, 0.15) is 11.6 Å². The fourth-order valence-electron chi connectivity index (χ4n) is 4.27. The number of anilines is 1. The summed E-state index contributed by atoms with van der Waals surface area (Å²) in [5.74, 6) is 1.83. The smallest absolute Gasteiger partial charge is 0.320 e. The number of benzene rings is 2. The first-order chi connectivity index (χ1) is 19.1. The van der Waals surface area contributed by atoms with Gasteiger partial charge in [0, 0.05) is 39.9 Å². The molecule has 2 amide bonds. The van der Waals surface area contributed by atoms with E-state index in [0.29, 0.717) is 12.4 Å². The van der Waals surface area contributed by atoms with Crippen LogP contribution in [0.5, 0.6) is 0 Å². The molecule has 5 rings (SSSR count). The third kappa shape index (κ3) is 6.04. The molecule has 0 saturated heterocycles. The molecule has 2 N–H and O–H groups in total. The molecular weight excluding hydrogens is 518 g/mol. The Labute approximate surface area is 239 Å². The van der Waals surface area contributed by atoms with Crippen molar-refractivity contribution in [2.75, 3.05) is 5.32 Å². The molecule has 0 spiro atoms. The largest absolute Gasteiger partial charge is 0.334 e. The van der Waals surface area contributed by atoms with Crippen LogP contribution in [0.25, 0.3) is 11.3 Å². The molecule has 0 fully saturated rings. The number of pyridine rings is 1. The number of aryl methyl sites for hydroxylation is 1. The van der Waals surface area contributed by atoms with Crippen LogP contribution in [-0.4, -0.2) is 30.4 Å². The number of hydrogen-bond donors (Lipinski definition) is 2. The lowest BCUT2D eigenvalue weighted by molar-refractivity contribution is 0.251. The van der Waals surface area contributed by atoms with E-state index in [1.165, 1.54) is 0 Å². The van der Waals surface area contributed by atoms with Crippen molar-refractivity contribution in [1.82, 2.24) is 29.7 Å². The minimum atomic E-state index is -0.291. The van der Waals surface area contributed by atoms with E-state index in [4.69, 9.17) is 5.10 Å². The van der Waals surface area contributed by atoms with Crippen LogP contribution in [0.15, 0.2) is 82.7 Å². The van der Waals surface area contributed by atoms with Crippen molar-refractivity contribution in [3.8, 4) is 5.69 Å². The zero-order valence-electron chi connectivity index (χ0n) is 23.8. The average molecular weight is 554 g/mol. The van der Waals surface area contributed by atoms with Gasteiger partial charge in [-0.15, -0.1) is 10.2 Å². The van der Waals surface area contributed by atoms with E-state index in [1.54, 1.807) is 16.4 Å². The summed E-state index contributed by atoms with van der Waals surface area (Å²) in [4.78, 5) is 15.2. The summed E-state index contributed by atoms with van der Waals surface area (Å²) in [7, 11) is 0. The maximum absolute atomic E-state index is 13.1. The number of hydrogen-bond acceptors (Lipinski definition) is 5. The van der Waals surface area contributed by atoms with Gasteiger partial charge in [-0.2, -0.15) is 5.10 Å². The third-order valence-corrected chi connectivity index (χ3v) is 7.65. The van der Waals surface area contributed by atoms with Crippen molar-refractivity contribution in [1.29, 1.82) is 0 Å². The molecule has 0 aliphatic rings. The Morgan fingerprint density at radius 1 is 1.00 bits per heavy atom. The maximum Gasteiger partial charge on any atom is 0.320 e. The van der Waals surface area contributed by atoms with Gasteiger partial charge in [0.15, 0.2) is 5.65 Å². The Balaban J connectivity index is 1.32. The van der Waals surface area contributed by atoms with Crippen LogP contribution < -0.4 is 10.6 Å². The Morgan fingerprint density at radius 2 is 1.75 bits per heavy atom. The van der Waals surface area contributed by atoms with Crippen LogP contribution in [0.2, 0.25) is 0 Å². The van der Waals surface area contributed by atoms with E-state index in [2.05, 4.69) is 73.8 Å². The summed E-state index contributed by atoms with van der Waals surface area (Å²) < 4.78 is 3.83. The highest BCUT2D eigenvalue weighted by atomic mass is 32.2. The Bertz CT molecular complexity index is 1640. The van der Waals surface area contributed by atoms with Gasteiger partial charge >= 0.3 is 6.03 Å². The van der Waals surface area contributed by atoms with Crippen molar-refractivity contribution >= 4 is 29.3 Å². The SMILES string of the molecule is Cc1ccc(-n2nc(C(C)(C)C)cc2NC(=O)NCc2ccccc2Sc2ccc3nnc(C(C)C)n3c2)cc1. The van der Waals surface area contributed by atoms with Crippen LogP contribution in [0.3, 0.4) is 0 Å². The lowest BCUT2D eigenvalue weighted by Gasteiger charge is -2.14.